The van der Waals surface area contributed by atoms with Gasteiger partial charge >= 0.3 is 0 Å². The van der Waals surface area contributed by atoms with Gasteiger partial charge in [-0.25, -0.2) is 4.98 Å². The van der Waals surface area contributed by atoms with Gasteiger partial charge in [0.25, 0.3) is 0 Å². The molecule has 7 heteroatoms. The van der Waals surface area contributed by atoms with Gasteiger partial charge in [0.1, 0.15) is 6.04 Å². The first-order valence-electron chi connectivity index (χ1n) is 8.88. The lowest BCUT2D eigenvalue weighted by Gasteiger charge is -2.17. The van der Waals surface area contributed by atoms with Gasteiger partial charge in [-0.15, -0.1) is 0 Å². The summed E-state index contributed by atoms with van der Waals surface area (Å²) in [7, 11) is 0. The van der Waals surface area contributed by atoms with E-state index in [0.717, 1.165) is 16.7 Å². The van der Waals surface area contributed by atoms with Crippen molar-refractivity contribution in [2.45, 2.75) is 25.4 Å². The molecule has 2 heterocycles. The quantitative estimate of drug-likeness (QED) is 0.737. The van der Waals surface area contributed by atoms with Crippen molar-refractivity contribution < 1.29 is 9.59 Å². The predicted molar refractivity (Wildman–Crippen MR) is 105 cm³/mol. The third-order valence-corrected chi connectivity index (χ3v) is 5.04. The fourth-order valence-electron chi connectivity index (χ4n) is 3.37. The van der Waals surface area contributed by atoms with E-state index in [1.54, 1.807) is 23.4 Å². The Labute approximate surface area is 161 Å². The highest BCUT2D eigenvalue weighted by Crippen LogP contribution is 2.23. The third kappa shape index (κ3) is 3.66. The fourth-order valence-corrected chi connectivity index (χ4v) is 3.49. The zero-order valence-corrected chi connectivity index (χ0v) is 15.4. The molecule has 1 aromatic heterocycles. The number of rotatable bonds is 5. The van der Waals surface area contributed by atoms with Crippen LogP contribution < -0.4 is 10.2 Å². The van der Waals surface area contributed by atoms with E-state index in [9.17, 15) is 9.59 Å². The first-order chi connectivity index (χ1) is 13.1. The SMILES string of the molecule is O=C(CCn1cnc2ccccc21)NC1CCN(c2ccc(Cl)cc2)C1=O. The van der Waals surface area contributed by atoms with Crippen LogP contribution in [-0.4, -0.2) is 34.0 Å². The highest BCUT2D eigenvalue weighted by Gasteiger charge is 2.33. The Hall–Kier alpha value is -2.86. The largest absolute Gasteiger partial charge is 0.344 e. The van der Waals surface area contributed by atoms with E-state index in [4.69, 9.17) is 11.6 Å². The van der Waals surface area contributed by atoms with Crippen molar-refractivity contribution in [3.8, 4) is 0 Å². The lowest BCUT2D eigenvalue weighted by atomic mass is 10.2. The van der Waals surface area contributed by atoms with E-state index in [2.05, 4.69) is 10.3 Å². The molecule has 6 nitrogen and oxygen atoms in total. The van der Waals surface area contributed by atoms with Crippen LogP contribution in [0, 0.1) is 0 Å². The molecule has 2 aromatic carbocycles. The number of hydrogen-bond acceptors (Lipinski definition) is 3. The van der Waals surface area contributed by atoms with Gasteiger partial charge in [0, 0.05) is 30.2 Å². The number of anilines is 1. The van der Waals surface area contributed by atoms with Crippen LogP contribution in [0.3, 0.4) is 0 Å². The smallest absolute Gasteiger partial charge is 0.249 e. The van der Waals surface area contributed by atoms with Gasteiger partial charge in [0.2, 0.25) is 11.8 Å². The maximum absolute atomic E-state index is 12.6. The van der Waals surface area contributed by atoms with Crippen LogP contribution in [-0.2, 0) is 16.1 Å². The first-order valence-corrected chi connectivity index (χ1v) is 9.26. The van der Waals surface area contributed by atoms with E-state index < -0.39 is 6.04 Å². The van der Waals surface area contributed by atoms with Crippen molar-refractivity contribution in [1.29, 1.82) is 0 Å². The van der Waals surface area contributed by atoms with E-state index in [-0.39, 0.29) is 11.8 Å². The molecule has 0 saturated carbocycles. The minimum Gasteiger partial charge on any atom is -0.344 e. The van der Waals surface area contributed by atoms with Crippen molar-refractivity contribution in [3.63, 3.8) is 0 Å². The van der Waals surface area contributed by atoms with Crippen LogP contribution in [0.4, 0.5) is 5.69 Å². The van der Waals surface area contributed by atoms with Gasteiger partial charge < -0.3 is 14.8 Å². The number of halogens is 1. The summed E-state index contributed by atoms with van der Waals surface area (Å²) in [6.45, 7) is 1.10. The Morgan fingerprint density at radius 1 is 1.19 bits per heavy atom. The molecule has 1 fully saturated rings. The normalized spacial score (nSPS) is 16.9. The Morgan fingerprint density at radius 3 is 2.78 bits per heavy atom. The van der Waals surface area contributed by atoms with Gasteiger partial charge in [0.05, 0.1) is 17.4 Å². The van der Waals surface area contributed by atoms with Gasteiger partial charge in [-0.1, -0.05) is 23.7 Å². The summed E-state index contributed by atoms with van der Waals surface area (Å²) in [6, 6.07) is 14.5. The van der Waals surface area contributed by atoms with Crippen LogP contribution in [0.1, 0.15) is 12.8 Å². The number of imidazole rings is 1. The predicted octanol–water partition coefficient (Wildman–Crippen LogP) is 3.00. The number of nitrogens with zero attached hydrogens (tertiary/aromatic N) is 3. The van der Waals surface area contributed by atoms with Crippen LogP contribution in [0.15, 0.2) is 54.9 Å². The summed E-state index contributed by atoms with van der Waals surface area (Å²) in [5, 5.41) is 3.49. The zero-order chi connectivity index (χ0) is 18.8. The lowest BCUT2D eigenvalue weighted by Crippen LogP contribution is -2.41. The number of carbonyl (C=O) groups excluding carboxylic acids is 2. The lowest BCUT2D eigenvalue weighted by molar-refractivity contribution is -0.126. The Balaban J connectivity index is 1.34. The molecule has 4 rings (SSSR count). The second kappa shape index (κ2) is 7.40. The highest BCUT2D eigenvalue weighted by molar-refractivity contribution is 6.30. The molecule has 27 heavy (non-hydrogen) atoms. The molecule has 0 bridgehead atoms. The molecular formula is C20H19ClN4O2. The average molecular weight is 383 g/mol. The molecule has 1 aliphatic rings. The number of aryl methyl sites for hydroxylation is 1. The van der Waals surface area contributed by atoms with E-state index in [1.807, 2.05) is 41.0 Å². The number of hydrogen-bond donors (Lipinski definition) is 1. The monoisotopic (exact) mass is 382 g/mol. The second-order valence-corrected chi connectivity index (χ2v) is 6.99. The molecule has 1 saturated heterocycles. The molecule has 0 spiro atoms. The fraction of sp³-hybridized carbons (Fsp3) is 0.250. The Kier molecular flexibility index (Phi) is 4.81. The summed E-state index contributed by atoms with van der Waals surface area (Å²) < 4.78 is 1.95. The first kappa shape index (κ1) is 17.5. The van der Waals surface area contributed by atoms with Crippen molar-refractivity contribution in [2.75, 3.05) is 11.4 Å². The molecule has 138 valence electrons. The van der Waals surface area contributed by atoms with Crippen LogP contribution in [0.2, 0.25) is 5.02 Å². The minimum atomic E-state index is -0.479. The molecule has 0 aliphatic carbocycles. The number of para-hydroxylation sites is 2. The molecule has 0 radical (unpaired) electrons. The molecule has 2 amide bonds. The second-order valence-electron chi connectivity index (χ2n) is 6.55. The van der Waals surface area contributed by atoms with E-state index >= 15 is 0 Å². The standard InChI is InChI=1S/C20H19ClN4O2/c21-14-5-7-15(8-6-14)25-12-9-17(20(25)27)23-19(26)10-11-24-13-22-16-3-1-2-4-18(16)24/h1-8,13,17H,9-12H2,(H,23,26). The molecular weight excluding hydrogens is 364 g/mol. The zero-order valence-electron chi connectivity index (χ0n) is 14.6. The number of nitrogens with one attached hydrogen (secondary N) is 1. The summed E-state index contributed by atoms with van der Waals surface area (Å²) in [5.74, 6) is -0.220. The van der Waals surface area contributed by atoms with Crippen molar-refractivity contribution in [1.82, 2.24) is 14.9 Å². The number of amides is 2. The number of carbonyl (C=O) groups is 2. The van der Waals surface area contributed by atoms with Gasteiger partial charge in [-0.3, -0.25) is 9.59 Å². The molecule has 1 unspecified atom stereocenters. The van der Waals surface area contributed by atoms with Gasteiger partial charge in [-0.2, -0.15) is 0 Å². The maximum atomic E-state index is 12.6. The topological polar surface area (TPSA) is 67.2 Å². The Morgan fingerprint density at radius 2 is 1.96 bits per heavy atom. The molecule has 1 aliphatic heterocycles. The average Bonchev–Trinajstić information content (AvgIpc) is 3.25. The summed E-state index contributed by atoms with van der Waals surface area (Å²) in [6.07, 6.45) is 2.63. The van der Waals surface area contributed by atoms with Crippen molar-refractivity contribution >= 4 is 40.1 Å². The highest BCUT2D eigenvalue weighted by atomic mass is 35.5. The number of benzene rings is 2. The van der Waals surface area contributed by atoms with Gasteiger partial charge in [0.15, 0.2) is 0 Å². The van der Waals surface area contributed by atoms with Crippen LogP contribution in [0.5, 0.6) is 0 Å². The van der Waals surface area contributed by atoms with Gasteiger partial charge in [-0.05, 0) is 42.8 Å². The Bertz CT molecular complexity index is 983. The number of fused-ring (bicyclic) bond motifs is 1. The molecule has 1 atom stereocenters. The van der Waals surface area contributed by atoms with Crippen molar-refractivity contribution in [3.05, 3.63) is 59.9 Å². The van der Waals surface area contributed by atoms with Crippen LogP contribution >= 0.6 is 11.6 Å². The van der Waals surface area contributed by atoms with Crippen LogP contribution in [0.25, 0.3) is 11.0 Å². The summed E-state index contributed by atoms with van der Waals surface area (Å²) in [5.41, 5.74) is 2.70. The summed E-state index contributed by atoms with van der Waals surface area (Å²) in [4.78, 5) is 30.9. The third-order valence-electron chi connectivity index (χ3n) is 4.79. The minimum absolute atomic E-state index is 0.0845. The van der Waals surface area contributed by atoms with E-state index in [1.165, 1.54) is 0 Å². The summed E-state index contributed by atoms with van der Waals surface area (Å²) >= 11 is 5.90. The molecule has 1 N–H and O–H groups in total. The maximum Gasteiger partial charge on any atom is 0.249 e. The number of aromatic nitrogens is 2. The van der Waals surface area contributed by atoms with E-state index in [0.29, 0.717) is 31.0 Å². The molecule has 3 aromatic rings. The van der Waals surface area contributed by atoms with Crippen molar-refractivity contribution in [2.24, 2.45) is 0 Å².